The second-order valence-electron chi connectivity index (χ2n) is 5.94. The molecule has 1 fully saturated rings. The number of carbonyl (C=O) groups excluding carboxylic acids is 3. The highest BCUT2D eigenvalue weighted by Gasteiger charge is 2.43. The fourth-order valence-electron chi connectivity index (χ4n) is 2.55. The Morgan fingerprint density at radius 2 is 1.78 bits per heavy atom. The average Bonchev–Trinajstić information content (AvgIpc) is 2.79. The number of β-amino-alcohol motifs (C(OH)–C–C–N with tert-alkyl or cyclic N) is 1. The second-order valence-corrected chi connectivity index (χ2v) is 5.94. The van der Waals surface area contributed by atoms with E-state index in [2.05, 4.69) is 9.68 Å². The first-order valence-electron chi connectivity index (χ1n) is 7.82. The van der Waals surface area contributed by atoms with Crippen LogP contribution in [-0.4, -0.2) is 110 Å². The maximum absolute atomic E-state index is 12.5. The molecule has 0 saturated carbocycles. The largest absolute Gasteiger partial charge is 0.394 e. The third kappa shape index (κ3) is 4.51. The number of likely N-dealkylation sites (tertiary alicyclic amines) is 1. The van der Waals surface area contributed by atoms with Gasteiger partial charge in [0.2, 0.25) is 5.91 Å². The predicted molar refractivity (Wildman–Crippen MR) is 84.1 cm³/mol. The van der Waals surface area contributed by atoms with Gasteiger partial charge in [-0.2, -0.15) is 0 Å². The van der Waals surface area contributed by atoms with Crippen LogP contribution in [0.25, 0.3) is 0 Å². The minimum atomic E-state index is -1.56. The molecule has 13 nitrogen and oxygen atoms in total. The topological polar surface area (TPSA) is 184 Å². The van der Waals surface area contributed by atoms with Crippen LogP contribution in [0.4, 0.5) is 0 Å². The lowest BCUT2D eigenvalue weighted by Gasteiger charge is -2.43. The smallest absolute Gasteiger partial charge is 0.360 e. The lowest BCUT2D eigenvalue weighted by atomic mass is 9.94. The molecule has 1 unspecified atom stereocenters. The number of nitrogens with one attached hydrogen (secondary N) is 1. The molecule has 150 valence electrons. The number of rotatable bonds is 3. The summed E-state index contributed by atoms with van der Waals surface area (Å²) in [6.07, 6.45) is -2.91. The predicted octanol–water partition coefficient (Wildman–Crippen LogP) is -4.07. The summed E-state index contributed by atoms with van der Waals surface area (Å²) in [5.74, 6) is -3.31. The molecule has 1 amide bonds. The van der Waals surface area contributed by atoms with Crippen molar-refractivity contribution in [3.63, 3.8) is 0 Å². The molecule has 27 heavy (non-hydrogen) atoms. The van der Waals surface area contributed by atoms with E-state index in [0.717, 1.165) is 22.0 Å². The fraction of sp³-hybridized carbons (Fsp3) is 0.571. The molecule has 2 aliphatic rings. The van der Waals surface area contributed by atoms with Crippen molar-refractivity contribution in [1.29, 1.82) is 5.41 Å². The van der Waals surface area contributed by atoms with Crippen LogP contribution in [0, 0.1) is 5.41 Å². The molecule has 13 heteroatoms. The van der Waals surface area contributed by atoms with Crippen molar-refractivity contribution in [3.8, 4) is 0 Å². The van der Waals surface area contributed by atoms with Crippen molar-refractivity contribution in [2.45, 2.75) is 24.4 Å². The first kappa shape index (κ1) is 20.6. The van der Waals surface area contributed by atoms with Crippen molar-refractivity contribution in [3.05, 3.63) is 12.2 Å². The number of hydrogen-bond donors (Lipinski definition) is 5. The summed E-state index contributed by atoms with van der Waals surface area (Å²) in [6, 6.07) is -1.16. The quantitative estimate of drug-likeness (QED) is 0.234. The van der Waals surface area contributed by atoms with Gasteiger partial charge in [-0.25, -0.2) is 9.59 Å². The van der Waals surface area contributed by atoms with Crippen LogP contribution in [0.5, 0.6) is 0 Å². The van der Waals surface area contributed by atoms with Gasteiger partial charge in [0.15, 0.2) is 0 Å². The van der Waals surface area contributed by atoms with Gasteiger partial charge in [0.1, 0.15) is 18.3 Å². The molecule has 0 aromatic heterocycles. The Morgan fingerprint density at radius 1 is 1.22 bits per heavy atom. The van der Waals surface area contributed by atoms with E-state index in [1.54, 1.807) is 0 Å². The summed E-state index contributed by atoms with van der Waals surface area (Å²) in [5.41, 5.74) is 0. The zero-order valence-corrected chi connectivity index (χ0v) is 14.3. The Bertz CT molecular complexity index is 634. The average molecular weight is 388 g/mol. The molecule has 0 bridgehead atoms. The second kappa shape index (κ2) is 8.30. The van der Waals surface area contributed by atoms with Crippen LogP contribution in [0.15, 0.2) is 12.2 Å². The van der Waals surface area contributed by atoms with Crippen LogP contribution in [0.3, 0.4) is 0 Å². The van der Waals surface area contributed by atoms with Gasteiger partial charge in [-0.3, -0.25) is 19.9 Å². The number of carbonyl (C=O) groups is 3. The van der Waals surface area contributed by atoms with Crippen molar-refractivity contribution >= 4 is 23.8 Å². The van der Waals surface area contributed by atoms with Crippen molar-refractivity contribution in [2.24, 2.45) is 0 Å². The minimum absolute atomic E-state index is 0.227. The van der Waals surface area contributed by atoms with E-state index in [1.807, 2.05) is 0 Å². The molecule has 0 aromatic carbocycles. The van der Waals surface area contributed by atoms with E-state index in [9.17, 15) is 34.8 Å². The summed E-state index contributed by atoms with van der Waals surface area (Å²) < 4.78 is 0. The summed E-state index contributed by atoms with van der Waals surface area (Å²) in [4.78, 5) is 46.3. The van der Waals surface area contributed by atoms with Gasteiger partial charge >= 0.3 is 11.9 Å². The van der Waals surface area contributed by atoms with E-state index in [4.69, 9.17) is 5.41 Å². The van der Waals surface area contributed by atoms with E-state index in [-0.39, 0.29) is 11.8 Å². The number of hydrogen-bond acceptors (Lipinski definition) is 10. The molecule has 5 N–H and O–H groups in total. The van der Waals surface area contributed by atoms with Crippen LogP contribution >= 0.6 is 0 Å². The Morgan fingerprint density at radius 3 is 2.30 bits per heavy atom. The molecule has 0 radical (unpaired) electrons. The van der Waals surface area contributed by atoms with Crippen molar-refractivity contribution in [1.82, 2.24) is 15.0 Å². The van der Waals surface area contributed by atoms with Crippen LogP contribution in [0.2, 0.25) is 0 Å². The van der Waals surface area contributed by atoms with Gasteiger partial charge in [-0.1, -0.05) is 0 Å². The maximum atomic E-state index is 12.5. The normalized spacial score (nSPS) is 28.3. The Kier molecular flexibility index (Phi) is 6.32. The molecule has 0 aromatic rings. The van der Waals surface area contributed by atoms with E-state index in [0.29, 0.717) is 0 Å². The Balaban J connectivity index is 2.04. The molecule has 2 rings (SSSR count). The third-order valence-electron chi connectivity index (χ3n) is 4.04. The highest BCUT2D eigenvalue weighted by molar-refractivity contribution is 5.94. The molecular weight excluding hydrogens is 368 g/mol. The lowest BCUT2D eigenvalue weighted by Crippen LogP contribution is -2.65. The number of amides is 1. The number of nitrogens with zero attached hydrogens (tertiary/aromatic N) is 3. The first-order chi connectivity index (χ1) is 12.6. The molecular formula is C14H20N4O9. The van der Waals surface area contributed by atoms with Gasteiger partial charge in [0, 0.05) is 31.0 Å². The zero-order valence-electron chi connectivity index (χ0n) is 14.3. The SMILES string of the molecule is CN(CC(=O)N1C[C@H](O)[C@@H](O)[C@@H](O)C1CO)C(=N)N1OC(=O)C=CC(=O)O1. The molecule has 0 spiro atoms. The third-order valence-corrected chi connectivity index (χ3v) is 4.04. The Labute approximate surface area is 153 Å². The Hall–Kier alpha value is -2.74. The number of likely N-dealkylation sites (N-methyl/N-ethyl adjacent to an activating group) is 1. The van der Waals surface area contributed by atoms with Gasteiger partial charge in [-0.05, 0) is 0 Å². The summed E-state index contributed by atoms with van der Waals surface area (Å²) in [6.45, 7) is -1.52. The highest BCUT2D eigenvalue weighted by atomic mass is 17.0. The minimum Gasteiger partial charge on any atom is -0.394 e. The molecule has 1 saturated heterocycles. The number of aliphatic hydroxyl groups is 4. The van der Waals surface area contributed by atoms with Gasteiger partial charge in [0.25, 0.3) is 5.96 Å². The van der Waals surface area contributed by atoms with Crippen LogP contribution in [0.1, 0.15) is 0 Å². The van der Waals surface area contributed by atoms with Gasteiger partial charge in [-0.15, -0.1) is 0 Å². The number of aliphatic hydroxyl groups excluding tert-OH is 4. The standard InChI is InChI=1S/C14H20N4O9/c1-16(14(15)18-26-10(22)2-3-11(23)27-18)5-9(21)17-4-8(20)13(25)12(24)7(17)6-19/h2-3,7-8,12-13,15,19-20,24-25H,4-6H2,1H3/t7?,8-,12-,13+/m0/s1. The van der Waals surface area contributed by atoms with Gasteiger partial charge in [0.05, 0.1) is 19.2 Å². The summed E-state index contributed by atoms with van der Waals surface area (Å²) in [5, 5.41) is 46.8. The monoisotopic (exact) mass is 388 g/mol. The molecule has 2 heterocycles. The van der Waals surface area contributed by atoms with Crippen molar-refractivity contribution in [2.75, 3.05) is 26.7 Å². The number of piperidine rings is 1. The van der Waals surface area contributed by atoms with E-state index >= 15 is 0 Å². The maximum Gasteiger partial charge on any atom is 0.360 e. The number of guanidine groups is 1. The zero-order chi connectivity index (χ0) is 20.3. The molecule has 2 aliphatic heterocycles. The summed E-state index contributed by atoms with van der Waals surface area (Å²) >= 11 is 0. The highest BCUT2D eigenvalue weighted by Crippen LogP contribution is 2.19. The van der Waals surface area contributed by atoms with Crippen LogP contribution < -0.4 is 0 Å². The first-order valence-corrected chi connectivity index (χ1v) is 7.82. The number of hydroxylamine groups is 2. The molecule has 4 atom stereocenters. The lowest BCUT2D eigenvalue weighted by molar-refractivity contribution is -0.278. The van der Waals surface area contributed by atoms with Gasteiger partial charge < -0.3 is 30.2 Å². The fourth-order valence-corrected chi connectivity index (χ4v) is 2.55. The van der Waals surface area contributed by atoms with Crippen LogP contribution in [-0.2, 0) is 24.1 Å². The molecule has 0 aliphatic carbocycles. The van der Waals surface area contributed by atoms with E-state index < -0.39 is 61.3 Å². The van der Waals surface area contributed by atoms with Crippen molar-refractivity contribution < 1.29 is 44.5 Å². The summed E-state index contributed by atoms with van der Waals surface area (Å²) in [7, 11) is 1.26. The van der Waals surface area contributed by atoms with E-state index in [1.165, 1.54) is 7.05 Å².